The van der Waals surface area contributed by atoms with Gasteiger partial charge < -0.3 is 16.0 Å². The number of carbonyl (C=O) groups is 1. The summed E-state index contributed by atoms with van der Waals surface area (Å²) >= 11 is 0. The first-order valence-corrected chi connectivity index (χ1v) is 5.38. The van der Waals surface area contributed by atoms with Gasteiger partial charge in [0, 0.05) is 6.20 Å². The molecular formula is C11H11N5O3. The average Bonchev–Trinajstić information content (AvgIpc) is 2.88. The molecule has 0 bridgehead atoms. The summed E-state index contributed by atoms with van der Waals surface area (Å²) in [5, 5.41) is 13.5. The number of nitrogens with zero attached hydrogens (tertiary/aromatic N) is 2. The smallest absolute Gasteiger partial charge is 0.304 e. The number of anilines is 1. The Hall–Kier alpha value is -2.90. The number of aromatic amines is 1. The molecule has 8 nitrogen and oxygen atoms in total. The van der Waals surface area contributed by atoms with Gasteiger partial charge in [-0.15, -0.1) is 0 Å². The van der Waals surface area contributed by atoms with Crippen molar-refractivity contribution in [2.75, 3.05) is 5.73 Å². The number of nitrogen functional groups attached to an aromatic ring is 1. The Kier molecular flexibility index (Phi) is 3.42. The number of nitrogens with one attached hydrogen (secondary N) is 2. The van der Waals surface area contributed by atoms with Gasteiger partial charge >= 0.3 is 5.69 Å². The first-order chi connectivity index (χ1) is 9.09. The van der Waals surface area contributed by atoms with Crippen molar-refractivity contribution < 1.29 is 9.72 Å². The summed E-state index contributed by atoms with van der Waals surface area (Å²) in [4.78, 5) is 28.8. The predicted octanol–water partition coefficient (Wildman–Crippen LogP) is 0.830. The minimum absolute atomic E-state index is 0.0424. The monoisotopic (exact) mass is 261 g/mol. The molecule has 1 aromatic carbocycles. The minimum atomic E-state index is -0.666. The number of para-hydroxylation sites is 1. The molecule has 0 fully saturated rings. The van der Waals surface area contributed by atoms with Gasteiger partial charge in [0.05, 0.1) is 23.5 Å². The van der Waals surface area contributed by atoms with Crippen molar-refractivity contribution in [1.82, 2.24) is 15.3 Å². The Bertz CT molecular complexity index is 609. The normalized spacial score (nSPS) is 10.1. The molecule has 1 amide bonds. The highest BCUT2D eigenvalue weighted by atomic mass is 16.6. The van der Waals surface area contributed by atoms with E-state index in [0.29, 0.717) is 5.69 Å². The summed E-state index contributed by atoms with van der Waals surface area (Å²) in [6.07, 6.45) is 3.03. The van der Waals surface area contributed by atoms with E-state index in [0.717, 1.165) is 0 Å². The molecular weight excluding hydrogens is 250 g/mol. The lowest BCUT2D eigenvalue weighted by atomic mass is 10.1. The van der Waals surface area contributed by atoms with Crippen LogP contribution in [0.4, 0.5) is 11.4 Å². The van der Waals surface area contributed by atoms with Gasteiger partial charge in [-0.25, -0.2) is 4.98 Å². The molecule has 98 valence electrons. The van der Waals surface area contributed by atoms with E-state index in [1.165, 1.54) is 24.5 Å². The molecule has 0 aliphatic heterocycles. The lowest BCUT2D eigenvalue weighted by Crippen LogP contribution is -2.24. The Balaban J connectivity index is 2.19. The van der Waals surface area contributed by atoms with Crippen molar-refractivity contribution in [3.8, 4) is 0 Å². The minimum Gasteiger partial charge on any atom is -0.393 e. The zero-order valence-electron chi connectivity index (χ0n) is 9.79. The van der Waals surface area contributed by atoms with Crippen molar-refractivity contribution in [1.29, 1.82) is 0 Å². The van der Waals surface area contributed by atoms with E-state index in [1.54, 1.807) is 6.20 Å². The van der Waals surface area contributed by atoms with Crippen molar-refractivity contribution in [2.45, 2.75) is 6.54 Å². The number of hydrogen-bond donors (Lipinski definition) is 3. The number of aromatic nitrogens is 2. The number of amides is 1. The largest absolute Gasteiger partial charge is 0.393 e. The van der Waals surface area contributed by atoms with Crippen LogP contribution in [0.5, 0.6) is 0 Å². The van der Waals surface area contributed by atoms with Crippen molar-refractivity contribution >= 4 is 17.3 Å². The number of imidazole rings is 1. The van der Waals surface area contributed by atoms with Crippen LogP contribution in [0.25, 0.3) is 0 Å². The van der Waals surface area contributed by atoms with Crippen LogP contribution in [-0.2, 0) is 6.54 Å². The third-order valence-corrected chi connectivity index (χ3v) is 2.49. The summed E-state index contributed by atoms with van der Waals surface area (Å²) < 4.78 is 0. The summed E-state index contributed by atoms with van der Waals surface area (Å²) in [5.41, 5.74) is 5.72. The fourth-order valence-corrected chi connectivity index (χ4v) is 1.60. The van der Waals surface area contributed by atoms with Gasteiger partial charge in [0.1, 0.15) is 11.3 Å². The number of nitro groups is 1. The van der Waals surface area contributed by atoms with E-state index in [9.17, 15) is 14.9 Å². The molecule has 0 radical (unpaired) electrons. The average molecular weight is 261 g/mol. The number of nitrogens with two attached hydrogens (primary N) is 1. The molecule has 0 aliphatic carbocycles. The van der Waals surface area contributed by atoms with Gasteiger partial charge in [0.15, 0.2) is 0 Å². The molecule has 0 aliphatic rings. The van der Waals surface area contributed by atoms with Crippen molar-refractivity contribution in [2.24, 2.45) is 0 Å². The van der Waals surface area contributed by atoms with E-state index in [4.69, 9.17) is 5.73 Å². The second-order valence-corrected chi connectivity index (χ2v) is 3.76. The molecule has 2 aromatic rings. The maximum atomic E-state index is 11.9. The van der Waals surface area contributed by atoms with Gasteiger partial charge in [-0.05, 0) is 12.1 Å². The van der Waals surface area contributed by atoms with E-state index in [2.05, 4.69) is 15.3 Å². The number of hydrogen-bond acceptors (Lipinski definition) is 5. The van der Waals surface area contributed by atoms with Crippen LogP contribution in [0.1, 0.15) is 16.1 Å². The van der Waals surface area contributed by atoms with Crippen LogP contribution in [0, 0.1) is 10.1 Å². The van der Waals surface area contributed by atoms with Gasteiger partial charge in [0.2, 0.25) is 0 Å². The molecule has 0 saturated heterocycles. The Morgan fingerprint density at radius 2 is 2.32 bits per heavy atom. The molecule has 19 heavy (non-hydrogen) atoms. The zero-order valence-corrected chi connectivity index (χ0v) is 9.79. The SMILES string of the molecule is Nc1cccc(C(=O)NCc2cnc[nH]2)c1[N+](=O)[O-]. The number of rotatable bonds is 4. The number of H-pyrrole nitrogens is 1. The summed E-state index contributed by atoms with van der Waals surface area (Å²) in [6, 6.07) is 4.23. The van der Waals surface area contributed by atoms with E-state index < -0.39 is 10.8 Å². The van der Waals surface area contributed by atoms with Gasteiger partial charge in [-0.2, -0.15) is 0 Å². The van der Waals surface area contributed by atoms with Gasteiger partial charge in [-0.3, -0.25) is 14.9 Å². The van der Waals surface area contributed by atoms with E-state index in [-0.39, 0.29) is 23.5 Å². The molecule has 0 spiro atoms. The highest BCUT2D eigenvalue weighted by molar-refractivity contribution is 6.00. The topological polar surface area (TPSA) is 127 Å². The van der Waals surface area contributed by atoms with Crippen LogP contribution < -0.4 is 11.1 Å². The lowest BCUT2D eigenvalue weighted by molar-refractivity contribution is -0.384. The third kappa shape index (κ3) is 2.68. The number of nitro benzene ring substituents is 1. The van der Waals surface area contributed by atoms with Crippen LogP contribution in [-0.4, -0.2) is 20.8 Å². The maximum Gasteiger partial charge on any atom is 0.304 e. The summed E-state index contributed by atoms with van der Waals surface area (Å²) in [6.45, 7) is 0.199. The van der Waals surface area contributed by atoms with Gasteiger partial charge in [-0.1, -0.05) is 6.07 Å². The molecule has 4 N–H and O–H groups in total. The first-order valence-electron chi connectivity index (χ1n) is 5.38. The molecule has 0 atom stereocenters. The molecule has 0 saturated carbocycles. The Labute approximate surface area is 107 Å². The van der Waals surface area contributed by atoms with Crippen molar-refractivity contribution in [3.63, 3.8) is 0 Å². The van der Waals surface area contributed by atoms with Crippen LogP contribution in [0.3, 0.4) is 0 Å². The van der Waals surface area contributed by atoms with Gasteiger partial charge in [0.25, 0.3) is 5.91 Å². The fraction of sp³-hybridized carbons (Fsp3) is 0.0909. The van der Waals surface area contributed by atoms with E-state index in [1.807, 2.05) is 0 Å². The molecule has 1 aromatic heterocycles. The van der Waals surface area contributed by atoms with Crippen LogP contribution >= 0.6 is 0 Å². The second-order valence-electron chi connectivity index (χ2n) is 3.76. The standard InChI is InChI=1S/C11H11N5O3/c12-9-3-1-2-8(10(9)16(18)19)11(17)14-5-7-4-13-6-15-7/h1-4,6H,5,12H2,(H,13,15)(H,14,17). The summed E-state index contributed by atoms with van der Waals surface area (Å²) in [5.74, 6) is -0.561. The quantitative estimate of drug-likeness (QED) is 0.426. The molecule has 1 heterocycles. The zero-order chi connectivity index (χ0) is 13.8. The molecule has 8 heteroatoms. The van der Waals surface area contributed by atoms with Crippen molar-refractivity contribution in [3.05, 3.63) is 52.1 Å². The van der Waals surface area contributed by atoms with Crippen LogP contribution in [0.2, 0.25) is 0 Å². The Morgan fingerprint density at radius 1 is 1.53 bits per heavy atom. The first kappa shape index (κ1) is 12.6. The third-order valence-electron chi connectivity index (χ3n) is 2.49. The summed E-state index contributed by atoms with van der Waals surface area (Å²) in [7, 11) is 0. The lowest BCUT2D eigenvalue weighted by Gasteiger charge is -2.06. The maximum absolute atomic E-state index is 11.9. The second kappa shape index (κ2) is 5.17. The fourth-order valence-electron chi connectivity index (χ4n) is 1.60. The highest BCUT2D eigenvalue weighted by Gasteiger charge is 2.22. The number of carbonyl (C=O) groups excluding carboxylic acids is 1. The van der Waals surface area contributed by atoms with Crippen LogP contribution in [0.15, 0.2) is 30.7 Å². The highest BCUT2D eigenvalue weighted by Crippen LogP contribution is 2.25. The van der Waals surface area contributed by atoms with E-state index >= 15 is 0 Å². The molecule has 0 unspecified atom stereocenters. The predicted molar refractivity (Wildman–Crippen MR) is 67.3 cm³/mol. The number of benzene rings is 1. The Morgan fingerprint density at radius 3 is 2.95 bits per heavy atom. The molecule has 2 rings (SSSR count).